The van der Waals surface area contributed by atoms with Gasteiger partial charge in [-0.1, -0.05) is 26.0 Å². The van der Waals surface area contributed by atoms with Crippen LogP contribution >= 0.6 is 0 Å². The molecule has 1 aromatic heterocycles. The van der Waals surface area contributed by atoms with Crippen molar-refractivity contribution >= 4 is 12.2 Å². The second-order valence-electron chi connectivity index (χ2n) is 5.38. The Hall–Kier alpha value is -2.63. The molecule has 0 aliphatic carbocycles. The summed E-state index contributed by atoms with van der Waals surface area (Å²) < 4.78 is 5.66. The summed E-state index contributed by atoms with van der Waals surface area (Å²) in [5.74, 6) is 1.59. The molecule has 6 heteroatoms. The molecule has 0 atom stereocenters. The van der Waals surface area contributed by atoms with Crippen LogP contribution in [0.1, 0.15) is 25.1 Å². The Bertz CT molecular complexity index is 707. The molecule has 2 aromatic rings. The van der Waals surface area contributed by atoms with Gasteiger partial charge in [-0.2, -0.15) is 5.10 Å². The molecule has 22 heavy (non-hydrogen) atoms. The number of ether oxygens (including phenoxy) is 1. The first kappa shape index (κ1) is 15.8. The zero-order chi connectivity index (χ0) is 15.9. The highest BCUT2D eigenvalue weighted by molar-refractivity contribution is 5.80. The van der Waals surface area contributed by atoms with Crippen LogP contribution in [0.3, 0.4) is 0 Å². The molecule has 0 radical (unpaired) electrons. The highest BCUT2D eigenvalue weighted by Crippen LogP contribution is 2.13. The van der Waals surface area contributed by atoms with E-state index in [1.54, 1.807) is 13.1 Å². The summed E-state index contributed by atoms with van der Waals surface area (Å²) in [7, 11) is 0. The largest absolute Gasteiger partial charge is 0.493 e. The van der Waals surface area contributed by atoms with Crippen LogP contribution in [0.4, 0.5) is 5.95 Å². The van der Waals surface area contributed by atoms with E-state index in [9.17, 15) is 4.79 Å². The van der Waals surface area contributed by atoms with Crippen molar-refractivity contribution in [3.63, 3.8) is 0 Å². The first-order valence-electron chi connectivity index (χ1n) is 7.13. The molecule has 6 nitrogen and oxygen atoms in total. The third kappa shape index (κ3) is 5.05. The summed E-state index contributed by atoms with van der Waals surface area (Å²) in [6.45, 7) is 6.63. The standard InChI is InChI=1S/C16H20N4O2/c1-11(2)10-22-14-6-4-5-13(8-14)9-17-20-16-18-12(3)7-15(21)19-16/h4-9,11H,10H2,1-3H3,(H2,18,19,20,21)/b17-9-. The van der Waals surface area contributed by atoms with Crippen molar-refractivity contribution < 1.29 is 4.74 Å². The van der Waals surface area contributed by atoms with Crippen molar-refractivity contribution in [2.45, 2.75) is 20.8 Å². The molecule has 0 bridgehead atoms. The molecule has 0 saturated heterocycles. The van der Waals surface area contributed by atoms with Gasteiger partial charge >= 0.3 is 0 Å². The number of anilines is 1. The molecular weight excluding hydrogens is 280 g/mol. The van der Waals surface area contributed by atoms with Crippen LogP contribution in [0.5, 0.6) is 5.75 Å². The van der Waals surface area contributed by atoms with Gasteiger partial charge in [0.15, 0.2) is 0 Å². The third-order valence-electron chi connectivity index (χ3n) is 2.70. The molecule has 0 fully saturated rings. The molecule has 0 amide bonds. The Morgan fingerprint density at radius 1 is 1.41 bits per heavy atom. The number of nitrogens with one attached hydrogen (secondary N) is 2. The minimum atomic E-state index is -0.214. The molecular formula is C16H20N4O2. The van der Waals surface area contributed by atoms with Crippen LogP contribution in [-0.2, 0) is 0 Å². The lowest BCUT2D eigenvalue weighted by Gasteiger charge is -2.08. The maximum atomic E-state index is 11.3. The first-order chi connectivity index (χ1) is 10.5. The summed E-state index contributed by atoms with van der Waals surface area (Å²) in [5.41, 5.74) is 4.02. The van der Waals surface area contributed by atoms with Crippen molar-refractivity contribution in [1.82, 2.24) is 9.97 Å². The summed E-state index contributed by atoms with van der Waals surface area (Å²) >= 11 is 0. The third-order valence-corrected chi connectivity index (χ3v) is 2.70. The second kappa shape index (κ2) is 7.40. The maximum Gasteiger partial charge on any atom is 0.252 e. The van der Waals surface area contributed by atoms with Gasteiger partial charge in [-0.25, -0.2) is 10.4 Å². The number of rotatable bonds is 6. The van der Waals surface area contributed by atoms with Gasteiger partial charge in [0.2, 0.25) is 5.95 Å². The van der Waals surface area contributed by atoms with E-state index in [-0.39, 0.29) is 5.56 Å². The summed E-state index contributed by atoms with van der Waals surface area (Å²) in [4.78, 5) is 18.0. The van der Waals surface area contributed by atoms with Crippen LogP contribution < -0.4 is 15.7 Å². The first-order valence-corrected chi connectivity index (χ1v) is 7.13. The zero-order valence-corrected chi connectivity index (χ0v) is 13.0. The van der Waals surface area contributed by atoms with Gasteiger partial charge < -0.3 is 4.74 Å². The lowest BCUT2D eigenvalue weighted by Crippen LogP contribution is -2.10. The van der Waals surface area contributed by atoms with Crippen LogP contribution in [0.2, 0.25) is 0 Å². The van der Waals surface area contributed by atoms with Gasteiger partial charge in [-0.15, -0.1) is 0 Å². The lowest BCUT2D eigenvalue weighted by atomic mass is 10.2. The van der Waals surface area contributed by atoms with Gasteiger partial charge in [0.1, 0.15) is 5.75 Å². The molecule has 0 spiro atoms. The van der Waals surface area contributed by atoms with Crippen molar-refractivity contribution in [3.05, 3.63) is 51.9 Å². The van der Waals surface area contributed by atoms with E-state index in [2.05, 4.69) is 34.3 Å². The van der Waals surface area contributed by atoms with E-state index in [0.29, 0.717) is 24.2 Å². The molecule has 1 aromatic carbocycles. The second-order valence-corrected chi connectivity index (χ2v) is 5.38. The molecule has 2 rings (SSSR count). The van der Waals surface area contributed by atoms with Gasteiger partial charge in [0.25, 0.3) is 5.56 Å². The highest BCUT2D eigenvalue weighted by atomic mass is 16.5. The average Bonchev–Trinajstić information content (AvgIpc) is 2.44. The normalized spacial score (nSPS) is 11.1. The van der Waals surface area contributed by atoms with Crippen LogP contribution in [-0.4, -0.2) is 22.8 Å². The number of hydrogen-bond donors (Lipinski definition) is 2. The number of aromatic amines is 1. The Balaban J connectivity index is 2.00. The van der Waals surface area contributed by atoms with Gasteiger partial charge in [-0.3, -0.25) is 9.78 Å². The van der Waals surface area contributed by atoms with Crippen molar-refractivity contribution in [1.29, 1.82) is 0 Å². The van der Waals surface area contributed by atoms with Crippen molar-refractivity contribution in [2.75, 3.05) is 12.0 Å². The van der Waals surface area contributed by atoms with E-state index >= 15 is 0 Å². The van der Waals surface area contributed by atoms with Crippen LogP contribution in [0.25, 0.3) is 0 Å². The fraction of sp³-hybridized carbons (Fsp3) is 0.312. The minimum Gasteiger partial charge on any atom is -0.493 e. The number of hydrazone groups is 1. The van der Waals surface area contributed by atoms with Crippen LogP contribution in [0, 0.1) is 12.8 Å². The number of aryl methyl sites for hydroxylation is 1. The van der Waals surface area contributed by atoms with Crippen molar-refractivity contribution in [3.8, 4) is 5.75 Å². The van der Waals surface area contributed by atoms with E-state index in [1.165, 1.54) is 6.07 Å². The summed E-state index contributed by atoms with van der Waals surface area (Å²) in [6, 6.07) is 9.06. The average molecular weight is 300 g/mol. The Morgan fingerprint density at radius 3 is 2.95 bits per heavy atom. The Kier molecular flexibility index (Phi) is 5.30. The predicted octanol–water partition coefficient (Wildman–Crippen LogP) is 2.56. The topological polar surface area (TPSA) is 79.4 Å². The fourth-order valence-corrected chi connectivity index (χ4v) is 1.75. The highest BCUT2D eigenvalue weighted by Gasteiger charge is 1.98. The van der Waals surface area contributed by atoms with E-state index in [0.717, 1.165) is 11.3 Å². The number of benzene rings is 1. The lowest BCUT2D eigenvalue weighted by molar-refractivity contribution is 0.271. The van der Waals surface area contributed by atoms with Gasteiger partial charge in [-0.05, 0) is 30.5 Å². The molecule has 0 saturated carbocycles. The Morgan fingerprint density at radius 2 is 2.23 bits per heavy atom. The maximum absolute atomic E-state index is 11.3. The van der Waals surface area contributed by atoms with Crippen molar-refractivity contribution in [2.24, 2.45) is 11.0 Å². The molecule has 116 valence electrons. The van der Waals surface area contributed by atoms with E-state index in [4.69, 9.17) is 4.74 Å². The predicted molar refractivity (Wildman–Crippen MR) is 87.6 cm³/mol. The number of nitrogens with zero attached hydrogens (tertiary/aromatic N) is 2. The van der Waals surface area contributed by atoms with Gasteiger partial charge in [0, 0.05) is 11.8 Å². The van der Waals surface area contributed by atoms with Gasteiger partial charge in [0.05, 0.1) is 12.8 Å². The molecule has 0 aliphatic rings. The zero-order valence-electron chi connectivity index (χ0n) is 13.0. The SMILES string of the molecule is Cc1cc(=O)[nH]c(N/N=C\c2cccc(OCC(C)C)c2)n1. The summed E-state index contributed by atoms with van der Waals surface area (Å²) in [5, 5.41) is 4.07. The van der Waals surface area contributed by atoms with Crippen LogP contribution in [0.15, 0.2) is 40.2 Å². The fourth-order valence-electron chi connectivity index (χ4n) is 1.75. The Labute approximate surface area is 129 Å². The smallest absolute Gasteiger partial charge is 0.252 e. The molecule has 1 heterocycles. The van der Waals surface area contributed by atoms with E-state index < -0.39 is 0 Å². The molecule has 0 aliphatic heterocycles. The number of hydrogen-bond acceptors (Lipinski definition) is 5. The molecule has 2 N–H and O–H groups in total. The minimum absolute atomic E-state index is 0.214. The number of aromatic nitrogens is 2. The number of H-pyrrole nitrogens is 1. The quantitative estimate of drug-likeness (QED) is 0.635. The monoisotopic (exact) mass is 300 g/mol. The summed E-state index contributed by atoms with van der Waals surface area (Å²) in [6.07, 6.45) is 1.64. The van der Waals surface area contributed by atoms with E-state index in [1.807, 2.05) is 24.3 Å². The molecule has 0 unspecified atom stereocenters.